The molecule has 2 rings (SSSR count). The number of benzene rings is 2. The van der Waals surface area contributed by atoms with Gasteiger partial charge >= 0.3 is 0 Å². The van der Waals surface area contributed by atoms with Crippen LogP contribution in [0, 0.1) is 6.92 Å². The van der Waals surface area contributed by atoms with Crippen molar-refractivity contribution in [1.29, 1.82) is 0 Å². The van der Waals surface area contributed by atoms with Crippen LogP contribution < -0.4 is 10.6 Å². The topological polar surface area (TPSA) is 58.2 Å². The van der Waals surface area contributed by atoms with Crippen molar-refractivity contribution in [1.82, 2.24) is 5.32 Å². The van der Waals surface area contributed by atoms with Crippen molar-refractivity contribution in [3.8, 4) is 0 Å². The molecule has 2 aromatic rings. The van der Waals surface area contributed by atoms with Gasteiger partial charge in [-0.05, 0) is 55.0 Å². The average Bonchev–Trinajstić information content (AvgIpc) is 2.49. The fraction of sp³-hybridized carbons (Fsp3) is 0.125. The molecule has 0 spiro atoms. The Hall–Kier alpha value is -1.85. The fourth-order valence-corrected chi connectivity index (χ4v) is 2.16. The van der Waals surface area contributed by atoms with Gasteiger partial charge < -0.3 is 10.6 Å². The number of halogens is 2. The van der Waals surface area contributed by atoms with Gasteiger partial charge in [0, 0.05) is 20.7 Å². The molecule has 0 aliphatic rings. The SMILES string of the molecule is Cc1cc(NC(=O)CNC(=O)c2ccc(Cl)cc2)ccc1Br. The molecule has 0 atom stereocenters. The summed E-state index contributed by atoms with van der Waals surface area (Å²) < 4.78 is 0.974. The molecule has 2 amide bonds. The fourth-order valence-electron chi connectivity index (χ4n) is 1.79. The van der Waals surface area contributed by atoms with Crippen molar-refractivity contribution < 1.29 is 9.59 Å². The number of rotatable bonds is 4. The van der Waals surface area contributed by atoms with Crippen molar-refractivity contribution in [2.45, 2.75) is 6.92 Å². The van der Waals surface area contributed by atoms with Gasteiger partial charge in [-0.25, -0.2) is 0 Å². The highest BCUT2D eigenvalue weighted by Crippen LogP contribution is 2.19. The summed E-state index contributed by atoms with van der Waals surface area (Å²) in [6.45, 7) is 1.83. The van der Waals surface area contributed by atoms with Crippen LogP contribution in [-0.4, -0.2) is 18.4 Å². The quantitative estimate of drug-likeness (QED) is 0.847. The number of carbonyl (C=O) groups is 2. The molecule has 114 valence electrons. The second-order valence-electron chi connectivity index (χ2n) is 4.70. The van der Waals surface area contributed by atoms with Crippen LogP contribution >= 0.6 is 27.5 Å². The number of hydrogen-bond acceptors (Lipinski definition) is 2. The maximum atomic E-state index is 11.9. The van der Waals surface area contributed by atoms with Crippen molar-refractivity contribution in [3.63, 3.8) is 0 Å². The van der Waals surface area contributed by atoms with Crippen molar-refractivity contribution in [3.05, 3.63) is 63.1 Å². The molecule has 2 aromatic carbocycles. The van der Waals surface area contributed by atoms with Gasteiger partial charge in [-0.3, -0.25) is 9.59 Å². The third kappa shape index (κ3) is 4.58. The van der Waals surface area contributed by atoms with Crippen LogP contribution in [-0.2, 0) is 4.79 Å². The van der Waals surface area contributed by atoms with E-state index in [0.29, 0.717) is 16.3 Å². The van der Waals surface area contributed by atoms with Crippen LogP contribution in [0.1, 0.15) is 15.9 Å². The summed E-state index contributed by atoms with van der Waals surface area (Å²) in [7, 11) is 0. The molecule has 2 N–H and O–H groups in total. The average molecular weight is 382 g/mol. The highest BCUT2D eigenvalue weighted by Gasteiger charge is 2.08. The number of nitrogens with one attached hydrogen (secondary N) is 2. The van der Waals surface area contributed by atoms with Gasteiger partial charge in [-0.15, -0.1) is 0 Å². The minimum absolute atomic E-state index is 0.101. The smallest absolute Gasteiger partial charge is 0.251 e. The highest BCUT2D eigenvalue weighted by molar-refractivity contribution is 9.10. The number of aryl methyl sites for hydroxylation is 1. The molecule has 0 heterocycles. The number of anilines is 1. The lowest BCUT2D eigenvalue weighted by atomic mass is 10.2. The summed E-state index contributed by atoms with van der Waals surface area (Å²) in [5, 5.41) is 5.85. The van der Waals surface area contributed by atoms with E-state index in [9.17, 15) is 9.59 Å². The van der Waals surface area contributed by atoms with E-state index in [1.54, 1.807) is 30.3 Å². The lowest BCUT2D eigenvalue weighted by Crippen LogP contribution is -2.32. The van der Waals surface area contributed by atoms with Crippen molar-refractivity contribution in [2.75, 3.05) is 11.9 Å². The molecule has 0 bridgehead atoms. The maximum absolute atomic E-state index is 11.9. The highest BCUT2D eigenvalue weighted by atomic mass is 79.9. The van der Waals surface area contributed by atoms with E-state index in [-0.39, 0.29) is 18.4 Å². The zero-order chi connectivity index (χ0) is 16.1. The summed E-state index contributed by atoms with van der Waals surface area (Å²) in [6, 6.07) is 12.0. The summed E-state index contributed by atoms with van der Waals surface area (Å²) >= 11 is 9.16. The molecule has 0 radical (unpaired) electrons. The van der Waals surface area contributed by atoms with Gasteiger partial charge in [-0.2, -0.15) is 0 Å². The third-order valence-electron chi connectivity index (χ3n) is 2.96. The number of hydrogen-bond donors (Lipinski definition) is 2. The number of amides is 2. The second kappa shape index (κ2) is 7.42. The summed E-state index contributed by atoms with van der Waals surface area (Å²) in [6.07, 6.45) is 0. The van der Waals surface area contributed by atoms with E-state index >= 15 is 0 Å². The molecule has 0 unspecified atom stereocenters. The van der Waals surface area contributed by atoms with Crippen LogP contribution in [0.2, 0.25) is 5.02 Å². The standard InChI is InChI=1S/C16H14BrClN2O2/c1-10-8-13(6-7-14(10)17)20-15(21)9-19-16(22)11-2-4-12(18)5-3-11/h2-8H,9H2,1H3,(H,19,22)(H,20,21). The van der Waals surface area contributed by atoms with E-state index in [4.69, 9.17) is 11.6 Å². The Balaban J connectivity index is 1.88. The largest absolute Gasteiger partial charge is 0.343 e. The molecule has 4 nitrogen and oxygen atoms in total. The van der Waals surface area contributed by atoms with Gasteiger partial charge in [-0.1, -0.05) is 27.5 Å². The minimum atomic E-state index is -0.321. The first-order chi connectivity index (χ1) is 10.5. The molecule has 22 heavy (non-hydrogen) atoms. The maximum Gasteiger partial charge on any atom is 0.251 e. The number of carbonyl (C=O) groups excluding carboxylic acids is 2. The summed E-state index contributed by atoms with van der Waals surface area (Å²) in [5.74, 6) is -0.608. The first-order valence-corrected chi connectivity index (χ1v) is 7.72. The van der Waals surface area contributed by atoms with E-state index in [1.165, 1.54) is 0 Å². The monoisotopic (exact) mass is 380 g/mol. The first-order valence-electron chi connectivity index (χ1n) is 6.55. The van der Waals surface area contributed by atoms with E-state index in [0.717, 1.165) is 10.0 Å². The van der Waals surface area contributed by atoms with Crippen LogP contribution in [0.25, 0.3) is 0 Å². The molecule has 0 fully saturated rings. The van der Waals surface area contributed by atoms with Crippen LogP contribution in [0.4, 0.5) is 5.69 Å². The van der Waals surface area contributed by atoms with Crippen molar-refractivity contribution in [2.24, 2.45) is 0 Å². The molecule has 0 saturated heterocycles. The molecule has 0 saturated carbocycles. The normalized spacial score (nSPS) is 10.1. The Morgan fingerprint density at radius 1 is 1.14 bits per heavy atom. The zero-order valence-electron chi connectivity index (χ0n) is 11.8. The van der Waals surface area contributed by atoms with Gasteiger partial charge in [0.15, 0.2) is 0 Å². The Kier molecular flexibility index (Phi) is 5.57. The molecular formula is C16H14BrClN2O2. The second-order valence-corrected chi connectivity index (χ2v) is 5.99. The van der Waals surface area contributed by atoms with Gasteiger partial charge in [0.2, 0.25) is 5.91 Å². The van der Waals surface area contributed by atoms with E-state index in [2.05, 4.69) is 26.6 Å². The summed E-state index contributed by atoms with van der Waals surface area (Å²) in [4.78, 5) is 23.7. The minimum Gasteiger partial charge on any atom is -0.343 e. The predicted molar refractivity (Wildman–Crippen MR) is 91.3 cm³/mol. The third-order valence-corrected chi connectivity index (χ3v) is 4.10. The predicted octanol–water partition coefficient (Wildman–Crippen LogP) is 3.78. The Bertz CT molecular complexity index is 702. The molecule has 0 aliphatic heterocycles. The summed E-state index contributed by atoms with van der Waals surface area (Å²) in [5.41, 5.74) is 2.16. The van der Waals surface area contributed by atoms with Gasteiger partial charge in [0.1, 0.15) is 0 Å². The van der Waals surface area contributed by atoms with Gasteiger partial charge in [0.25, 0.3) is 5.91 Å². The van der Waals surface area contributed by atoms with Crippen LogP contribution in [0.5, 0.6) is 0 Å². The van der Waals surface area contributed by atoms with Crippen LogP contribution in [0.3, 0.4) is 0 Å². The van der Waals surface area contributed by atoms with E-state index in [1.807, 2.05) is 19.1 Å². The first kappa shape index (κ1) is 16.5. The Labute approximate surface area is 142 Å². The molecule has 6 heteroatoms. The lowest BCUT2D eigenvalue weighted by Gasteiger charge is -2.08. The van der Waals surface area contributed by atoms with Crippen molar-refractivity contribution >= 4 is 45.0 Å². The van der Waals surface area contributed by atoms with E-state index < -0.39 is 0 Å². The lowest BCUT2D eigenvalue weighted by molar-refractivity contribution is -0.115. The Morgan fingerprint density at radius 3 is 2.45 bits per heavy atom. The zero-order valence-corrected chi connectivity index (χ0v) is 14.2. The molecule has 0 aromatic heterocycles. The molecule has 0 aliphatic carbocycles. The molecular weight excluding hydrogens is 368 g/mol. The van der Waals surface area contributed by atoms with Crippen LogP contribution in [0.15, 0.2) is 46.9 Å². The van der Waals surface area contributed by atoms with Gasteiger partial charge in [0.05, 0.1) is 6.54 Å². The Morgan fingerprint density at radius 2 is 1.82 bits per heavy atom.